The number of halogens is 3. The number of nitriles is 1. The minimum Gasteiger partial charge on any atom is -0.497 e. The molecule has 2 aromatic rings. The van der Waals surface area contributed by atoms with Gasteiger partial charge in [0.05, 0.1) is 36.7 Å². The van der Waals surface area contributed by atoms with Crippen LogP contribution >= 0.6 is 0 Å². The van der Waals surface area contributed by atoms with E-state index in [2.05, 4.69) is 11.0 Å². The molecule has 4 fully saturated rings. The number of nitrogens with zero attached hydrogens (tertiary/aromatic N) is 4. The van der Waals surface area contributed by atoms with Gasteiger partial charge in [-0.05, 0) is 79.8 Å². The molecule has 3 heterocycles. The number of carboxylic acid groups (broad SMARTS) is 1. The van der Waals surface area contributed by atoms with Crippen molar-refractivity contribution >= 4 is 17.6 Å². The molecule has 4 aliphatic rings. The lowest BCUT2D eigenvalue weighted by atomic mass is 9.84. The molecule has 2 aromatic carbocycles. The number of carbonyl (C=O) groups excluding carboxylic acids is 1. The summed E-state index contributed by atoms with van der Waals surface area (Å²) in [6.07, 6.45) is 0.520. The van der Waals surface area contributed by atoms with Gasteiger partial charge in [0.1, 0.15) is 5.75 Å². The Morgan fingerprint density at radius 2 is 1.62 bits per heavy atom. The van der Waals surface area contributed by atoms with Crippen molar-refractivity contribution in [2.45, 2.75) is 75.1 Å². The molecule has 3 saturated heterocycles. The number of methoxy groups -OCH3 is 2. The number of piperidine rings is 1. The number of ether oxygens (including phenoxy) is 2. The van der Waals surface area contributed by atoms with Gasteiger partial charge in [-0.2, -0.15) is 18.4 Å². The number of hydrogen-bond donors (Lipinski definition) is 1. The second-order valence-corrected chi connectivity index (χ2v) is 14.4. The highest BCUT2D eigenvalue weighted by Crippen LogP contribution is 2.45. The number of anilines is 1. The molecule has 1 N–H and O–H groups in total. The predicted octanol–water partition coefficient (Wildman–Crippen LogP) is 6.14. The molecule has 0 aromatic heterocycles. The van der Waals surface area contributed by atoms with Crippen LogP contribution < -0.4 is 9.64 Å². The molecular formula is C38H47F3N4O5. The predicted molar refractivity (Wildman–Crippen MR) is 181 cm³/mol. The average Bonchev–Trinajstić information content (AvgIpc) is 3.76. The second kappa shape index (κ2) is 15.2. The van der Waals surface area contributed by atoms with Crippen molar-refractivity contribution in [2.75, 3.05) is 58.4 Å². The van der Waals surface area contributed by atoms with Gasteiger partial charge < -0.3 is 24.4 Å². The van der Waals surface area contributed by atoms with Crippen molar-refractivity contribution in [2.24, 2.45) is 17.8 Å². The smallest absolute Gasteiger partial charge is 0.416 e. The van der Waals surface area contributed by atoms with Crippen molar-refractivity contribution in [1.82, 2.24) is 9.80 Å². The van der Waals surface area contributed by atoms with E-state index in [9.17, 15) is 33.1 Å². The van der Waals surface area contributed by atoms with Crippen LogP contribution in [0.1, 0.15) is 73.5 Å². The fourth-order valence-electron chi connectivity index (χ4n) is 8.85. The maximum absolute atomic E-state index is 14.6. The lowest BCUT2D eigenvalue weighted by Crippen LogP contribution is -2.40. The molecule has 0 spiro atoms. The fraction of sp³-hybridized carbons (Fsp3) is 0.605. The van der Waals surface area contributed by atoms with E-state index in [1.807, 2.05) is 34.1 Å². The first-order valence-corrected chi connectivity index (χ1v) is 17.8. The summed E-state index contributed by atoms with van der Waals surface area (Å²) in [6, 6.07) is 14.3. The third kappa shape index (κ3) is 7.59. The molecule has 50 heavy (non-hydrogen) atoms. The highest BCUT2D eigenvalue weighted by molar-refractivity contribution is 5.81. The molecule has 1 saturated carbocycles. The molecule has 1 amide bonds. The number of hydrogen-bond acceptors (Lipinski definition) is 7. The Kier molecular flexibility index (Phi) is 10.9. The van der Waals surface area contributed by atoms with E-state index in [-0.39, 0.29) is 42.1 Å². The van der Waals surface area contributed by atoms with Gasteiger partial charge in [-0.3, -0.25) is 14.5 Å². The minimum absolute atomic E-state index is 0.0140. The number of benzene rings is 2. The number of aliphatic carboxylic acids is 1. The van der Waals surface area contributed by atoms with E-state index in [4.69, 9.17) is 9.47 Å². The molecule has 0 bridgehead atoms. The van der Waals surface area contributed by atoms with E-state index in [0.717, 1.165) is 55.7 Å². The van der Waals surface area contributed by atoms with Gasteiger partial charge in [-0.1, -0.05) is 18.2 Å². The van der Waals surface area contributed by atoms with Crippen LogP contribution in [-0.4, -0.2) is 92.4 Å². The van der Waals surface area contributed by atoms with Gasteiger partial charge in [0.2, 0.25) is 5.91 Å². The second-order valence-electron chi connectivity index (χ2n) is 14.4. The topological polar surface area (TPSA) is 106 Å². The summed E-state index contributed by atoms with van der Waals surface area (Å²) < 4.78 is 52.9. The maximum Gasteiger partial charge on any atom is 0.416 e. The standard InChI is InChI=1S/C38H47F3N4O5/c1-49-29-8-3-24(4-9-29)32-21-44(28-6-10-30(50-2)11-7-28)23-34(32)36(46)45-20-26(13-16-42)33(22-45)31-12-5-27(38(39,40)41)19-35(31)43-17-14-25(15-18-43)37(47)48/h3-5,8-9,12,19,25-26,28,30,32-34H,6-7,10-11,13-15,17-18,20-23H2,1-2H3,(H,47,48)/t26-,28-,30-,32-,33-,34+/m0/s1. The molecule has 1 aliphatic carbocycles. The third-order valence-corrected chi connectivity index (χ3v) is 11.8. The van der Waals surface area contributed by atoms with Crippen LogP contribution in [0.15, 0.2) is 42.5 Å². The molecular weight excluding hydrogens is 649 g/mol. The molecule has 0 radical (unpaired) electrons. The number of alkyl halides is 3. The summed E-state index contributed by atoms with van der Waals surface area (Å²) in [4.78, 5) is 32.4. The third-order valence-electron chi connectivity index (χ3n) is 11.8. The van der Waals surface area contributed by atoms with E-state index < -0.39 is 23.6 Å². The summed E-state index contributed by atoms with van der Waals surface area (Å²) in [6.45, 7) is 2.66. The Balaban J connectivity index is 1.28. The molecule has 3 aliphatic heterocycles. The van der Waals surface area contributed by atoms with Crippen molar-refractivity contribution in [3.05, 3.63) is 59.2 Å². The molecule has 9 nitrogen and oxygen atoms in total. The summed E-state index contributed by atoms with van der Waals surface area (Å²) >= 11 is 0. The van der Waals surface area contributed by atoms with Crippen LogP contribution in [0.5, 0.6) is 5.75 Å². The first-order valence-electron chi connectivity index (χ1n) is 17.8. The van der Waals surface area contributed by atoms with Crippen LogP contribution in [0, 0.1) is 29.1 Å². The Morgan fingerprint density at radius 3 is 2.22 bits per heavy atom. The van der Waals surface area contributed by atoms with Crippen LogP contribution in [0.4, 0.5) is 18.9 Å². The van der Waals surface area contributed by atoms with E-state index in [1.165, 1.54) is 6.07 Å². The van der Waals surface area contributed by atoms with Crippen molar-refractivity contribution in [3.8, 4) is 11.8 Å². The monoisotopic (exact) mass is 696 g/mol. The van der Waals surface area contributed by atoms with Crippen LogP contribution in [0.25, 0.3) is 0 Å². The maximum atomic E-state index is 14.6. The Hall–Kier alpha value is -3.82. The Labute approximate surface area is 291 Å². The van der Waals surface area contributed by atoms with Gasteiger partial charge >= 0.3 is 12.1 Å². The lowest BCUT2D eigenvalue weighted by molar-refractivity contribution is -0.142. The molecule has 4 atom stereocenters. The van der Waals surface area contributed by atoms with E-state index in [1.54, 1.807) is 14.2 Å². The first-order chi connectivity index (χ1) is 24.0. The van der Waals surface area contributed by atoms with E-state index in [0.29, 0.717) is 62.9 Å². The Morgan fingerprint density at radius 1 is 0.920 bits per heavy atom. The van der Waals surface area contributed by atoms with Gasteiger partial charge in [-0.25, -0.2) is 0 Å². The van der Waals surface area contributed by atoms with Gasteiger partial charge in [0.25, 0.3) is 0 Å². The fourth-order valence-corrected chi connectivity index (χ4v) is 8.85. The number of carboxylic acids is 1. The van der Waals surface area contributed by atoms with Crippen LogP contribution in [0.3, 0.4) is 0 Å². The van der Waals surface area contributed by atoms with Crippen LogP contribution in [0.2, 0.25) is 0 Å². The summed E-state index contributed by atoms with van der Waals surface area (Å²) in [5, 5.41) is 19.3. The summed E-state index contributed by atoms with van der Waals surface area (Å²) in [7, 11) is 3.38. The molecule has 270 valence electrons. The Bertz CT molecular complexity index is 1550. The van der Waals surface area contributed by atoms with Crippen molar-refractivity contribution in [3.63, 3.8) is 0 Å². The van der Waals surface area contributed by atoms with Crippen molar-refractivity contribution in [1.29, 1.82) is 5.26 Å². The number of rotatable bonds is 9. The number of amides is 1. The molecule has 6 rings (SSSR count). The zero-order valence-electron chi connectivity index (χ0n) is 28.8. The highest BCUT2D eigenvalue weighted by Gasteiger charge is 2.46. The van der Waals surface area contributed by atoms with Crippen molar-refractivity contribution < 1.29 is 37.3 Å². The van der Waals surface area contributed by atoms with Gasteiger partial charge in [-0.15, -0.1) is 0 Å². The lowest BCUT2D eigenvalue weighted by Gasteiger charge is -2.35. The number of likely N-dealkylation sites (tertiary alicyclic amines) is 2. The van der Waals surface area contributed by atoms with Gasteiger partial charge in [0.15, 0.2) is 0 Å². The minimum atomic E-state index is -4.55. The average molecular weight is 697 g/mol. The molecule has 12 heteroatoms. The summed E-state index contributed by atoms with van der Waals surface area (Å²) in [5.41, 5.74) is 1.39. The highest BCUT2D eigenvalue weighted by atomic mass is 19.4. The zero-order chi connectivity index (χ0) is 35.6. The SMILES string of the molecule is COc1ccc([C@@H]2CN([C@H]3CC[C@H](OC)CC3)C[C@H]2C(=O)N2C[C@H](CC#N)[C@@H](c3ccc(C(F)(F)F)cc3N3CCC(C(=O)O)CC3)C2)cc1. The van der Waals surface area contributed by atoms with Gasteiger partial charge in [0, 0.05) is 76.4 Å². The van der Waals surface area contributed by atoms with E-state index >= 15 is 0 Å². The number of carbonyl (C=O) groups is 2. The first kappa shape index (κ1) is 36.0. The normalized spacial score (nSPS) is 28.1. The van der Waals surface area contributed by atoms with Crippen LogP contribution in [-0.2, 0) is 20.5 Å². The molecule has 0 unspecified atom stereocenters. The quantitative estimate of drug-likeness (QED) is 0.333. The summed E-state index contributed by atoms with van der Waals surface area (Å²) in [5.74, 6) is -1.62. The largest absolute Gasteiger partial charge is 0.497 e. The zero-order valence-corrected chi connectivity index (χ0v) is 28.8.